The molecule has 2 heterocycles. The van der Waals surface area contributed by atoms with Crippen LogP contribution in [0.2, 0.25) is 0 Å². The number of hydrogen-bond donors (Lipinski definition) is 3. The number of rotatable bonds is 4. The zero-order valence-corrected chi connectivity index (χ0v) is 12.2. The molecule has 5 nitrogen and oxygen atoms in total. The molecule has 0 saturated heterocycles. The largest absolute Gasteiger partial charge is 0.395 e. The minimum Gasteiger partial charge on any atom is -0.395 e. The molecule has 0 amide bonds. The number of H-pyrrole nitrogens is 1. The summed E-state index contributed by atoms with van der Waals surface area (Å²) in [4.78, 5) is 20.0. The average Bonchev–Trinajstić information content (AvgIpc) is 2.84. The summed E-state index contributed by atoms with van der Waals surface area (Å²) in [5.41, 5.74) is 5.27. The molecule has 0 radical (unpaired) electrons. The van der Waals surface area contributed by atoms with Crippen LogP contribution in [0, 0.1) is 11.8 Å². The number of aromatic amines is 1. The van der Waals surface area contributed by atoms with E-state index in [0.29, 0.717) is 17.3 Å². The Morgan fingerprint density at radius 2 is 2.35 bits per heavy atom. The second-order valence-electron chi connectivity index (χ2n) is 3.81. The van der Waals surface area contributed by atoms with Crippen LogP contribution < -0.4 is 11.3 Å². The first-order valence-electron chi connectivity index (χ1n) is 5.85. The number of aliphatic hydroxyl groups is 1. The number of anilines is 1. The van der Waals surface area contributed by atoms with Crippen molar-refractivity contribution in [2.24, 2.45) is 0 Å². The highest BCUT2D eigenvalue weighted by molar-refractivity contribution is 7.98. The summed E-state index contributed by atoms with van der Waals surface area (Å²) in [7, 11) is 0. The lowest BCUT2D eigenvalue weighted by molar-refractivity contribution is 0.305. The van der Waals surface area contributed by atoms with Crippen molar-refractivity contribution in [2.75, 3.05) is 12.3 Å². The van der Waals surface area contributed by atoms with E-state index in [1.165, 1.54) is 17.8 Å². The van der Waals surface area contributed by atoms with Gasteiger partial charge in [0.25, 0.3) is 5.56 Å². The first-order chi connectivity index (χ1) is 9.67. The average molecular weight is 307 g/mol. The summed E-state index contributed by atoms with van der Waals surface area (Å²) in [5.74, 6) is 6.78. The van der Waals surface area contributed by atoms with Crippen LogP contribution in [0.1, 0.15) is 16.2 Å². The minimum absolute atomic E-state index is 0.0789. The molecular weight excluding hydrogens is 294 g/mol. The molecule has 0 atom stereocenters. The van der Waals surface area contributed by atoms with Gasteiger partial charge in [-0.05, 0) is 12.1 Å². The third-order valence-corrected chi connectivity index (χ3v) is 4.31. The predicted octanol–water partition coefficient (Wildman–Crippen LogP) is 1.44. The number of aromatic nitrogens is 2. The molecule has 0 aliphatic heterocycles. The van der Waals surface area contributed by atoms with Crippen LogP contribution in [0.3, 0.4) is 0 Å². The molecule has 4 N–H and O–H groups in total. The van der Waals surface area contributed by atoms with Crippen molar-refractivity contribution < 1.29 is 5.11 Å². The van der Waals surface area contributed by atoms with E-state index in [1.807, 2.05) is 12.1 Å². The molecule has 20 heavy (non-hydrogen) atoms. The highest BCUT2D eigenvalue weighted by Gasteiger charge is 2.03. The fourth-order valence-corrected chi connectivity index (χ4v) is 3.20. The van der Waals surface area contributed by atoms with Crippen molar-refractivity contribution in [1.82, 2.24) is 9.97 Å². The maximum atomic E-state index is 11.2. The van der Waals surface area contributed by atoms with Crippen LogP contribution in [0.4, 0.5) is 5.82 Å². The maximum absolute atomic E-state index is 11.2. The molecule has 0 aliphatic rings. The van der Waals surface area contributed by atoms with Gasteiger partial charge in [0.2, 0.25) is 0 Å². The molecule has 2 aromatic rings. The van der Waals surface area contributed by atoms with Gasteiger partial charge in [-0.15, -0.1) is 11.3 Å². The van der Waals surface area contributed by atoms with Crippen molar-refractivity contribution in [3.8, 4) is 11.8 Å². The standard InChI is InChI=1S/C13H13N3O2S2/c14-11-7-12(18)16-13(15-11)19-8-10-5-4-9(20-10)3-1-2-6-17/h4-5,7,17H,2,6,8H2,(H3,14,15,16,18). The van der Waals surface area contributed by atoms with E-state index in [2.05, 4.69) is 21.8 Å². The smallest absolute Gasteiger partial charge is 0.253 e. The molecule has 0 unspecified atom stereocenters. The van der Waals surface area contributed by atoms with Gasteiger partial charge in [0, 0.05) is 23.1 Å². The highest BCUT2D eigenvalue weighted by atomic mass is 32.2. The monoisotopic (exact) mass is 307 g/mol. The first-order valence-corrected chi connectivity index (χ1v) is 7.65. The first kappa shape index (κ1) is 14.7. The second kappa shape index (κ2) is 7.14. The highest BCUT2D eigenvalue weighted by Crippen LogP contribution is 2.24. The summed E-state index contributed by atoms with van der Waals surface area (Å²) in [6.45, 7) is 0.0789. The third-order valence-electron chi connectivity index (χ3n) is 2.20. The SMILES string of the molecule is Nc1cc(=O)[nH]c(SCc2ccc(C#CCCO)s2)n1. The van der Waals surface area contributed by atoms with Gasteiger partial charge in [0.05, 0.1) is 11.5 Å². The second-order valence-corrected chi connectivity index (χ2v) is 5.94. The lowest BCUT2D eigenvalue weighted by Crippen LogP contribution is -2.09. The van der Waals surface area contributed by atoms with Crippen molar-refractivity contribution in [2.45, 2.75) is 17.3 Å². The van der Waals surface area contributed by atoms with Crippen LogP contribution in [0.5, 0.6) is 0 Å². The molecule has 2 aromatic heterocycles. The van der Waals surface area contributed by atoms with Gasteiger partial charge in [-0.3, -0.25) is 4.79 Å². The number of hydrogen-bond acceptors (Lipinski definition) is 6. The van der Waals surface area contributed by atoms with Crippen LogP contribution in [-0.2, 0) is 5.75 Å². The van der Waals surface area contributed by atoms with Gasteiger partial charge in [0.1, 0.15) is 5.82 Å². The van der Waals surface area contributed by atoms with Crippen LogP contribution in [0.25, 0.3) is 0 Å². The van der Waals surface area contributed by atoms with Gasteiger partial charge in [-0.1, -0.05) is 23.6 Å². The van der Waals surface area contributed by atoms with E-state index in [1.54, 1.807) is 11.3 Å². The number of thioether (sulfide) groups is 1. The maximum Gasteiger partial charge on any atom is 0.253 e. The molecule has 7 heteroatoms. The summed E-state index contributed by atoms with van der Waals surface area (Å²) in [6.07, 6.45) is 0.483. The lowest BCUT2D eigenvalue weighted by Gasteiger charge is -1.99. The Morgan fingerprint density at radius 1 is 1.50 bits per heavy atom. The number of nitrogens with two attached hydrogens (primary N) is 1. The molecular formula is C13H13N3O2S2. The molecule has 0 saturated carbocycles. The molecule has 0 fully saturated rings. The van der Waals surface area contributed by atoms with E-state index in [0.717, 1.165) is 9.75 Å². The van der Waals surface area contributed by atoms with Crippen molar-refractivity contribution in [3.63, 3.8) is 0 Å². The van der Waals surface area contributed by atoms with Gasteiger partial charge in [-0.25, -0.2) is 4.98 Å². The Kier molecular flexibility index (Phi) is 5.24. The molecule has 0 bridgehead atoms. The Bertz CT molecular complexity index is 697. The fourth-order valence-electron chi connectivity index (χ4n) is 1.39. The number of aliphatic hydroxyl groups excluding tert-OH is 1. The number of nitrogens with zero attached hydrogens (tertiary/aromatic N) is 1. The van der Waals surface area contributed by atoms with E-state index >= 15 is 0 Å². The predicted molar refractivity (Wildman–Crippen MR) is 81.7 cm³/mol. The lowest BCUT2D eigenvalue weighted by atomic mass is 10.4. The zero-order valence-electron chi connectivity index (χ0n) is 10.5. The Labute approximate surface area is 124 Å². The molecule has 0 aliphatic carbocycles. The minimum atomic E-state index is -0.248. The number of nitrogens with one attached hydrogen (secondary N) is 1. The van der Waals surface area contributed by atoms with Gasteiger partial charge in [-0.2, -0.15) is 0 Å². The third kappa shape index (κ3) is 4.42. The number of nitrogen functional groups attached to an aromatic ring is 1. The Hall–Kier alpha value is -1.75. The molecule has 104 valence electrons. The summed E-state index contributed by atoms with van der Waals surface area (Å²) in [5, 5.41) is 9.17. The zero-order chi connectivity index (χ0) is 14.4. The van der Waals surface area contributed by atoms with E-state index in [4.69, 9.17) is 10.8 Å². The van der Waals surface area contributed by atoms with E-state index in [9.17, 15) is 4.79 Å². The van der Waals surface area contributed by atoms with Crippen LogP contribution >= 0.6 is 23.1 Å². The summed E-state index contributed by atoms with van der Waals surface area (Å²) < 4.78 is 0. The van der Waals surface area contributed by atoms with E-state index in [-0.39, 0.29) is 18.0 Å². The summed E-state index contributed by atoms with van der Waals surface area (Å²) >= 11 is 3.00. The van der Waals surface area contributed by atoms with Crippen LogP contribution in [-0.4, -0.2) is 21.7 Å². The van der Waals surface area contributed by atoms with Gasteiger partial charge < -0.3 is 15.8 Å². The van der Waals surface area contributed by atoms with Crippen molar-refractivity contribution in [3.05, 3.63) is 38.3 Å². The van der Waals surface area contributed by atoms with E-state index < -0.39 is 0 Å². The Balaban J connectivity index is 1.98. The van der Waals surface area contributed by atoms with Gasteiger partial charge in [0.15, 0.2) is 5.16 Å². The topological polar surface area (TPSA) is 92.0 Å². The molecule has 0 aromatic carbocycles. The quantitative estimate of drug-likeness (QED) is 0.451. The van der Waals surface area contributed by atoms with Crippen molar-refractivity contribution >= 4 is 28.9 Å². The molecule has 0 spiro atoms. The summed E-state index contributed by atoms with van der Waals surface area (Å²) in [6, 6.07) is 5.19. The van der Waals surface area contributed by atoms with Crippen molar-refractivity contribution in [1.29, 1.82) is 0 Å². The fraction of sp³-hybridized carbons (Fsp3) is 0.231. The van der Waals surface area contributed by atoms with Crippen LogP contribution in [0.15, 0.2) is 28.2 Å². The normalized spacial score (nSPS) is 10.1. The molecule has 2 rings (SSSR count). The van der Waals surface area contributed by atoms with Gasteiger partial charge >= 0.3 is 0 Å². The number of thiophene rings is 1. The Morgan fingerprint density at radius 3 is 3.10 bits per heavy atom.